The number of thioether (sulfide) groups is 1. The van der Waals surface area contributed by atoms with Crippen molar-refractivity contribution >= 4 is 78.5 Å². The Morgan fingerprint density at radius 3 is 2.25 bits per heavy atom. The second-order valence-electron chi connectivity index (χ2n) is 6.58. The molecular formula is C24H18Cl3IO3S. The normalized spacial score (nSPS) is 11.7. The molecule has 3 aromatic rings. The molecule has 32 heavy (non-hydrogen) atoms. The number of benzene rings is 3. The first kappa shape index (κ1) is 25.2. The molecule has 0 radical (unpaired) electrons. The molecule has 0 aromatic heterocycles. The summed E-state index contributed by atoms with van der Waals surface area (Å²) in [5, 5.41) is 1.53. The van der Waals surface area contributed by atoms with E-state index in [1.807, 2.05) is 24.3 Å². The Morgan fingerprint density at radius 1 is 0.906 bits per heavy atom. The van der Waals surface area contributed by atoms with Crippen molar-refractivity contribution in [2.45, 2.75) is 5.75 Å². The molecule has 3 rings (SSSR count). The fraction of sp³-hybridized carbons (Fsp3) is 0.125. The zero-order chi connectivity index (χ0) is 23.3. The minimum Gasteiger partial charge on any atom is -0.497 e. The maximum absolute atomic E-state index is 13.5. The van der Waals surface area contributed by atoms with Gasteiger partial charge in [0.15, 0.2) is 5.78 Å². The minimum atomic E-state index is -0.110. The molecule has 0 aliphatic rings. The van der Waals surface area contributed by atoms with Crippen molar-refractivity contribution in [3.8, 4) is 11.5 Å². The van der Waals surface area contributed by atoms with Gasteiger partial charge in [-0.05, 0) is 82.8 Å². The molecule has 0 saturated heterocycles. The van der Waals surface area contributed by atoms with E-state index in [4.69, 9.17) is 44.3 Å². The molecule has 0 fully saturated rings. The highest BCUT2D eigenvalue weighted by molar-refractivity contribution is 14.1. The van der Waals surface area contributed by atoms with Crippen LogP contribution in [-0.4, -0.2) is 20.0 Å². The lowest BCUT2D eigenvalue weighted by Gasteiger charge is -2.15. The molecule has 0 saturated carbocycles. The molecule has 0 aliphatic heterocycles. The maximum atomic E-state index is 13.5. The van der Waals surface area contributed by atoms with E-state index < -0.39 is 0 Å². The Morgan fingerprint density at radius 2 is 1.62 bits per heavy atom. The van der Waals surface area contributed by atoms with Crippen molar-refractivity contribution in [3.05, 3.63) is 97.3 Å². The average molecular weight is 620 g/mol. The molecule has 0 unspecified atom stereocenters. The molecule has 166 valence electrons. The molecule has 0 heterocycles. The molecule has 0 N–H and O–H groups in total. The number of ketones is 1. The summed E-state index contributed by atoms with van der Waals surface area (Å²) in [5.41, 5.74) is 2.26. The smallest absolute Gasteiger partial charge is 0.200 e. The van der Waals surface area contributed by atoms with Crippen LogP contribution < -0.4 is 9.47 Å². The van der Waals surface area contributed by atoms with E-state index in [1.54, 1.807) is 50.6 Å². The van der Waals surface area contributed by atoms with Gasteiger partial charge < -0.3 is 9.47 Å². The highest BCUT2D eigenvalue weighted by atomic mass is 127. The first-order valence-corrected chi connectivity index (χ1v) is 12.5. The predicted molar refractivity (Wildman–Crippen MR) is 144 cm³/mol. The molecule has 0 spiro atoms. The fourth-order valence-corrected chi connectivity index (χ4v) is 5.41. The van der Waals surface area contributed by atoms with Crippen molar-refractivity contribution in [1.29, 1.82) is 0 Å². The third-order valence-corrected chi connectivity index (χ3v) is 8.16. The summed E-state index contributed by atoms with van der Waals surface area (Å²) in [6.07, 6.45) is 0. The van der Waals surface area contributed by atoms with Crippen LogP contribution in [-0.2, 0) is 5.75 Å². The number of carbonyl (C=O) groups is 1. The Balaban J connectivity index is 2.07. The maximum Gasteiger partial charge on any atom is 0.200 e. The van der Waals surface area contributed by atoms with E-state index in [-0.39, 0.29) is 5.78 Å². The number of carbonyl (C=O) groups excluding carboxylic acids is 1. The molecule has 0 bridgehead atoms. The lowest BCUT2D eigenvalue weighted by Crippen LogP contribution is -2.04. The van der Waals surface area contributed by atoms with E-state index in [1.165, 1.54) is 11.8 Å². The van der Waals surface area contributed by atoms with Crippen molar-refractivity contribution < 1.29 is 14.3 Å². The van der Waals surface area contributed by atoms with E-state index in [9.17, 15) is 4.79 Å². The van der Waals surface area contributed by atoms with Crippen LogP contribution in [0.25, 0.3) is 3.58 Å². The number of ether oxygens (including phenoxy) is 2. The molecule has 8 heteroatoms. The van der Waals surface area contributed by atoms with Crippen LogP contribution in [0.5, 0.6) is 11.5 Å². The molecule has 3 nitrogen and oxygen atoms in total. The molecular weight excluding hydrogens is 602 g/mol. The van der Waals surface area contributed by atoms with Gasteiger partial charge in [0.05, 0.1) is 29.2 Å². The van der Waals surface area contributed by atoms with E-state index in [0.29, 0.717) is 42.8 Å². The van der Waals surface area contributed by atoms with E-state index in [0.717, 1.165) is 14.7 Å². The van der Waals surface area contributed by atoms with Gasteiger partial charge in [-0.1, -0.05) is 40.9 Å². The Kier molecular flexibility index (Phi) is 9.20. The lowest BCUT2D eigenvalue weighted by molar-refractivity contribution is 0.104. The molecule has 0 atom stereocenters. The van der Waals surface area contributed by atoms with Gasteiger partial charge in [0.1, 0.15) is 11.5 Å². The third-order valence-electron chi connectivity index (χ3n) is 4.52. The zero-order valence-electron chi connectivity index (χ0n) is 17.1. The topological polar surface area (TPSA) is 35.5 Å². The number of allylic oxidation sites excluding steroid dienone is 1. The predicted octanol–water partition coefficient (Wildman–Crippen LogP) is 8.58. The summed E-state index contributed by atoms with van der Waals surface area (Å²) in [4.78, 5) is 14.1. The van der Waals surface area contributed by atoms with Crippen molar-refractivity contribution in [1.82, 2.24) is 0 Å². The number of rotatable bonds is 8. The van der Waals surface area contributed by atoms with Crippen LogP contribution in [0.15, 0.2) is 65.6 Å². The molecule has 0 aliphatic carbocycles. The van der Waals surface area contributed by atoms with E-state index in [2.05, 4.69) is 22.6 Å². The van der Waals surface area contributed by atoms with E-state index >= 15 is 0 Å². The van der Waals surface area contributed by atoms with Crippen LogP contribution in [0.4, 0.5) is 0 Å². The molecule has 3 aromatic carbocycles. The summed E-state index contributed by atoms with van der Waals surface area (Å²) in [6.45, 7) is 0. The van der Waals surface area contributed by atoms with Gasteiger partial charge in [0.25, 0.3) is 0 Å². The van der Waals surface area contributed by atoms with Crippen LogP contribution >= 0.6 is 69.2 Å². The van der Waals surface area contributed by atoms with Crippen LogP contribution in [0.2, 0.25) is 15.1 Å². The highest BCUT2D eigenvalue weighted by Gasteiger charge is 2.21. The fourth-order valence-electron chi connectivity index (χ4n) is 2.85. The average Bonchev–Trinajstić information content (AvgIpc) is 2.81. The Labute approximate surface area is 220 Å². The van der Waals surface area contributed by atoms with Crippen LogP contribution in [0, 0.1) is 0 Å². The van der Waals surface area contributed by atoms with Crippen molar-refractivity contribution in [2.24, 2.45) is 0 Å². The van der Waals surface area contributed by atoms with Crippen LogP contribution in [0.1, 0.15) is 21.5 Å². The van der Waals surface area contributed by atoms with Crippen LogP contribution in [0.3, 0.4) is 0 Å². The summed E-state index contributed by atoms with van der Waals surface area (Å²) in [5.74, 6) is 1.74. The van der Waals surface area contributed by atoms with Gasteiger partial charge in [-0.25, -0.2) is 0 Å². The number of methoxy groups -OCH3 is 2. The van der Waals surface area contributed by atoms with Crippen molar-refractivity contribution in [3.63, 3.8) is 0 Å². The third kappa shape index (κ3) is 6.14. The zero-order valence-corrected chi connectivity index (χ0v) is 22.4. The van der Waals surface area contributed by atoms with Gasteiger partial charge in [-0.2, -0.15) is 0 Å². The monoisotopic (exact) mass is 618 g/mol. The SMILES string of the molecule is COc1ccc(OC)c(C(I)=C(SCc2ccc(Cl)c(Cl)c2)C(=O)c2ccc(Cl)cc2)c1. The van der Waals surface area contributed by atoms with Gasteiger partial charge in [0, 0.05) is 25.5 Å². The van der Waals surface area contributed by atoms with Gasteiger partial charge in [0.2, 0.25) is 0 Å². The number of hydrogen-bond donors (Lipinski definition) is 0. The lowest BCUT2D eigenvalue weighted by atomic mass is 10.1. The summed E-state index contributed by atoms with van der Waals surface area (Å²) in [6, 6.07) is 17.8. The summed E-state index contributed by atoms with van der Waals surface area (Å²) < 4.78 is 11.7. The van der Waals surface area contributed by atoms with Gasteiger partial charge in [-0.15, -0.1) is 11.8 Å². The summed E-state index contributed by atoms with van der Waals surface area (Å²) in [7, 11) is 3.19. The first-order chi connectivity index (χ1) is 15.3. The number of Topliss-reactive ketones (excluding diaryl/α,β-unsaturated/α-hetero) is 1. The van der Waals surface area contributed by atoms with Gasteiger partial charge >= 0.3 is 0 Å². The van der Waals surface area contributed by atoms with Gasteiger partial charge in [-0.3, -0.25) is 4.79 Å². The molecule has 0 amide bonds. The minimum absolute atomic E-state index is 0.110. The largest absolute Gasteiger partial charge is 0.497 e. The summed E-state index contributed by atoms with van der Waals surface area (Å²) >= 11 is 21.8. The second-order valence-corrected chi connectivity index (χ2v) is 9.90. The Hall–Kier alpha value is -1.38. The van der Waals surface area contributed by atoms with Crippen molar-refractivity contribution in [2.75, 3.05) is 14.2 Å². The quantitative estimate of drug-likeness (QED) is 0.144. The number of hydrogen-bond acceptors (Lipinski definition) is 4. The Bertz CT molecular complexity index is 1160. The number of halogens is 4. The first-order valence-electron chi connectivity index (χ1n) is 9.33. The highest BCUT2D eigenvalue weighted by Crippen LogP contribution is 2.41. The standard InChI is InChI=1S/C24H18Cl3IO3S/c1-30-17-8-10-21(31-2)18(12-17)22(28)24(23(29)15-4-6-16(25)7-5-15)32-13-14-3-9-19(26)20(27)11-14/h3-12H,13H2,1-2H3. The second kappa shape index (κ2) is 11.7.